The lowest BCUT2D eigenvalue weighted by Gasteiger charge is -2.28. The normalized spacial score (nSPS) is 18.5. The second-order valence-corrected chi connectivity index (χ2v) is 15.8. The van der Waals surface area contributed by atoms with E-state index in [1.165, 1.54) is 6.04 Å². The van der Waals surface area contributed by atoms with Gasteiger partial charge in [-0.3, -0.25) is 0 Å². The first-order chi connectivity index (χ1) is 16.1. The fraction of sp³-hybridized carbons (Fsp3) is 0.407. The van der Waals surface area contributed by atoms with Gasteiger partial charge in [0.15, 0.2) is 0 Å². The van der Waals surface area contributed by atoms with Crippen molar-refractivity contribution in [3.05, 3.63) is 70.8 Å². The predicted octanol–water partition coefficient (Wildman–Crippen LogP) is 5.86. The lowest BCUT2D eigenvalue weighted by atomic mass is 9.92. The molecule has 0 amide bonds. The molecule has 2 heterocycles. The minimum absolute atomic E-state index is 0.205. The van der Waals surface area contributed by atoms with Crippen molar-refractivity contribution >= 4 is 26.1 Å². The number of benzene rings is 1. The van der Waals surface area contributed by atoms with Crippen LogP contribution in [-0.4, -0.2) is 44.8 Å². The van der Waals surface area contributed by atoms with Gasteiger partial charge in [-0.15, -0.1) is 0 Å². The zero-order valence-electron chi connectivity index (χ0n) is 21.4. The van der Waals surface area contributed by atoms with Crippen molar-refractivity contribution in [2.45, 2.75) is 58.9 Å². The van der Waals surface area contributed by atoms with Crippen LogP contribution in [-0.2, 0) is 4.74 Å². The van der Waals surface area contributed by atoms with Crippen molar-refractivity contribution in [3.8, 4) is 5.75 Å². The Morgan fingerprint density at radius 3 is 2.74 bits per heavy atom. The van der Waals surface area contributed by atoms with E-state index in [2.05, 4.69) is 66.5 Å². The second-order valence-electron chi connectivity index (χ2n) is 10.2. The number of nitrogens with zero attached hydrogens (tertiary/aromatic N) is 3. The Labute approximate surface area is 205 Å². The molecule has 2 aliphatic rings. The molecule has 0 radical (unpaired) electrons. The molecule has 0 bridgehead atoms. The molecule has 0 saturated carbocycles. The van der Waals surface area contributed by atoms with Gasteiger partial charge >= 0.3 is 0 Å². The molecule has 0 saturated heterocycles. The Bertz CT molecular complexity index is 1080. The van der Waals surface area contributed by atoms with Crippen molar-refractivity contribution in [2.24, 2.45) is 15.9 Å². The van der Waals surface area contributed by atoms with Crippen LogP contribution in [0, 0.1) is 6.92 Å². The standard InChI is InChI=1S/C27H38N4O2Si/c1-19(2)26(21(4)17-30-28)23-9-8-22(16-20(23)3)33-27-24-11-13-31(25(24)10-12-29-27)18-32-14-15-34(5,6)7/h8-9,11-13,16-17,25H,1,10,14-15,18,28H2,2-7H3/b26-21+,30-17-. The van der Waals surface area contributed by atoms with Crippen LogP contribution in [0.1, 0.15) is 31.4 Å². The summed E-state index contributed by atoms with van der Waals surface area (Å²) in [7, 11) is -1.09. The van der Waals surface area contributed by atoms with E-state index in [0.717, 1.165) is 52.2 Å². The molecule has 1 unspecified atom stereocenters. The molecule has 0 spiro atoms. The quantitative estimate of drug-likeness (QED) is 0.114. The summed E-state index contributed by atoms with van der Waals surface area (Å²) in [6.45, 7) is 18.7. The first kappa shape index (κ1) is 25.7. The van der Waals surface area contributed by atoms with Gasteiger partial charge in [-0.2, -0.15) is 5.10 Å². The van der Waals surface area contributed by atoms with E-state index in [-0.39, 0.29) is 6.04 Å². The van der Waals surface area contributed by atoms with E-state index < -0.39 is 8.07 Å². The molecule has 1 aromatic carbocycles. The highest BCUT2D eigenvalue weighted by molar-refractivity contribution is 6.76. The maximum absolute atomic E-state index is 6.26. The average molecular weight is 479 g/mol. The predicted molar refractivity (Wildman–Crippen MR) is 146 cm³/mol. The van der Waals surface area contributed by atoms with Crippen LogP contribution < -0.4 is 10.6 Å². The average Bonchev–Trinajstić information content (AvgIpc) is 3.16. The first-order valence-corrected chi connectivity index (χ1v) is 15.5. The van der Waals surface area contributed by atoms with Crippen LogP contribution in [0.3, 0.4) is 0 Å². The molecule has 182 valence electrons. The molecule has 3 rings (SSSR count). The maximum atomic E-state index is 6.26. The highest BCUT2D eigenvalue weighted by atomic mass is 28.3. The Balaban J connectivity index is 1.74. The summed E-state index contributed by atoms with van der Waals surface area (Å²) in [4.78, 5) is 6.79. The van der Waals surface area contributed by atoms with E-state index in [0.29, 0.717) is 12.6 Å². The molecule has 1 atom stereocenters. The van der Waals surface area contributed by atoms with E-state index in [9.17, 15) is 0 Å². The summed E-state index contributed by atoms with van der Waals surface area (Å²) in [5.41, 5.74) is 6.24. The van der Waals surface area contributed by atoms with E-state index in [4.69, 9.17) is 15.3 Å². The third-order valence-electron chi connectivity index (χ3n) is 6.00. The maximum Gasteiger partial charge on any atom is 0.224 e. The summed E-state index contributed by atoms with van der Waals surface area (Å²) in [6.07, 6.45) is 8.62. The number of aliphatic imine (C=N–C) groups is 1. The van der Waals surface area contributed by atoms with Gasteiger partial charge in [0.05, 0.1) is 12.3 Å². The number of hydrogen-bond acceptors (Lipinski definition) is 6. The summed E-state index contributed by atoms with van der Waals surface area (Å²) >= 11 is 0. The molecule has 7 heteroatoms. The van der Waals surface area contributed by atoms with Crippen LogP contribution in [0.5, 0.6) is 5.75 Å². The Hall–Kier alpha value is -2.90. The Morgan fingerprint density at radius 1 is 1.32 bits per heavy atom. The Kier molecular flexibility index (Phi) is 8.33. The number of fused-ring (bicyclic) bond motifs is 1. The van der Waals surface area contributed by atoms with Crippen LogP contribution in [0.15, 0.2) is 69.8 Å². The number of hydrogen-bond donors (Lipinski definition) is 1. The molecule has 0 aliphatic carbocycles. The number of rotatable bonds is 10. The minimum Gasteiger partial charge on any atom is -0.439 e. The molecule has 6 nitrogen and oxygen atoms in total. The topological polar surface area (TPSA) is 72.4 Å². The zero-order chi connectivity index (χ0) is 24.9. The van der Waals surface area contributed by atoms with Crippen molar-refractivity contribution < 1.29 is 9.47 Å². The zero-order valence-corrected chi connectivity index (χ0v) is 22.4. The highest BCUT2D eigenvalue weighted by Crippen LogP contribution is 2.33. The fourth-order valence-electron chi connectivity index (χ4n) is 4.17. The highest BCUT2D eigenvalue weighted by Gasteiger charge is 2.29. The van der Waals surface area contributed by atoms with Gasteiger partial charge in [0.25, 0.3) is 0 Å². The molecule has 0 aromatic heterocycles. The molecular formula is C27H38N4O2Si. The summed E-state index contributed by atoms with van der Waals surface area (Å²) < 4.78 is 12.2. The molecule has 2 aliphatic heterocycles. The molecule has 2 N–H and O–H groups in total. The van der Waals surface area contributed by atoms with Crippen LogP contribution >= 0.6 is 0 Å². The van der Waals surface area contributed by atoms with Gasteiger partial charge < -0.3 is 20.2 Å². The van der Waals surface area contributed by atoms with Gasteiger partial charge in [0.1, 0.15) is 12.5 Å². The van der Waals surface area contributed by atoms with Crippen LogP contribution in [0.4, 0.5) is 0 Å². The number of nitrogens with two attached hydrogens (primary N) is 1. The van der Waals surface area contributed by atoms with Crippen molar-refractivity contribution in [1.29, 1.82) is 0 Å². The number of ether oxygens (including phenoxy) is 2. The fourth-order valence-corrected chi connectivity index (χ4v) is 4.93. The van der Waals surface area contributed by atoms with E-state index >= 15 is 0 Å². The largest absolute Gasteiger partial charge is 0.439 e. The van der Waals surface area contributed by atoms with Gasteiger partial charge in [0, 0.05) is 39.1 Å². The van der Waals surface area contributed by atoms with Gasteiger partial charge in [-0.05, 0) is 67.3 Å². The number of aryl methyl sites for hydroxylation is 1. The van der Waals surface area contributed by atoms with Crippen molar-refractivity contribution in [2.75, 3.05) is 13.3 Å². The smallest absolute Gasteiger partial charge is 0.224 e. The van der Waals surface area contributed by atoms with Gasteiger partial charge in [-0.1, -0.05) is 37.9 Å². The second kappa shape index (κ2) is 11.0. The summed E-state index contributed by atoms with van der Waals surface area (Å²) in [5.74, 6) is 6.77. The molecular weight excluding hydrogens is 440 g/mol. The van der Waals surface area contributed by atoms with E-state index in [1.807, 2.05) is 32.2 Å². The molecule has 34 heavy (non-hydrogen) atoms. The Morgan fingerprint density at radius 2 is 2.09 bits per heavy atom. The molecule has 0 fully saturated rings. The summed E-state index contributed by atoms with van der Waals surface area (Å²) in [5, 5.41) is 3.67. The lowest BCUT2D eigenvalue weighted by molar-refractivity contribution is 0.0524. The number of allylic oxidation sites excluding steroid dienone is 3. The van der Waals surface area contributed by atoms with Gasteiger partial charge in [0.2, 0.25) is 5.88 Å². The van der Waals surface area contributed by atoms with E-state index in [1.54, 1.807) is 6.21 Å². The first-order valence-electron chi connectivity index (χ1n) is 11.8. The third kappa shape index (κ3) is 6.36. The van der Waals surface area contributed by atoms with Crippen LogP contribution in [0.2, 0.25) is 25.7 Å². The monoisotopic (exact) mass is 478 g/mol. The third-order valence-corrected chi connectivity index (χ3v) is 7.70. The minimum atomic E-state index is -1.09. The lowest BCUT2D eigenvalue weighted by Crippen LogP contribution is -2.33. The SMILES string of the molecule is C=C(C)/C(=C(C)\C=N/N)c1ccc(OC2=C3C=CN(COCC[Si](C)(C)C)C3CC=N2)cc1C. The number of hydrazone groups is 1. The summed E-state index contributed by atoms with van der Waals surface area (Å²) in [6, 6.07) is 7.44. The van der Waals surface area contributed by atoms with Crippen molar-refractivity contribution in [3.63, 3.8) is 0 Å². The van der Waals surface area contributed by atoms with Crippen LogP contribution in [0.25, 0.3) is 5.57 Å². The molecule has 1 aromatic rings. The van der Waals surface area contributed by atoms with Crippen molar-refractivity contribution in [1.82, 2.24) is 4.90 Å². The van der Waals surface area contributed by atoms with Gasteiger partial charge in [-0.25, -0.2) is 4.99 Å².